The second kappa shape index (κ2) is 8.10. The summed E-state index contributed by atoms with van der Waals surface area (Å²) in [5.41, 5.74) is 0.836. The Morgan fingerprint density at radius 1 is 0.935 bits per heavy atom. The maximum atomic E-state index is 15.0. The third-order valence-corrected chi connectivity index (χ3v) is 7.46. The Morgan fingerprint density at radius 2 is 1.61 bits per heavy atom. The first-order valence-corrected chi connectivity index (χ1v) is 11.6. The van der Waals surface area contributed by atoms with Crippen LogP contribution in [0.2, 0.25) is 0 Å². The molecular formula is C26H29FN2O2. The minimum atomic E-state index is -0.742. The molecule has 4 nitrogen and oxygen atoms in total. The van der Waals surface area contributed by atoms with Gasteiger partial charge in [0.15, 0.2) is 0 Å². The molecule has 1 spiro atoms. The molecule has 0 radical (unpaired) electrons. The van der Waals surface area contributed by atoms with E-state index < -0.39 is 17.3 Å². The van der Waals surface area contributed by atoms with Crippen LogP contribution in [0.1, 0.15) is 79.6 Å². The number of rotatable bonds is 3. The van der Waals surface area contributed by atoms with E-state index in [0.29, 0.717) is 18.4 Å². The van der Waals surface area contributed by atoms with Gasteiger partial charge in [-0.05, 0) is 49.4 Å². The molecule has 5 heteroatoms. The van der Waals surface area contributed by atoms with Crippen molar-refractivity contribution in [1.82, 2.24) is 5.32 Å². The van der Waals surface area contributed by atoms with E-state index in [4.69, 9.17) is 0 Å². The van der Waals surface area contributed by atoms with Gasteiger partial charge in [0.25, 0.3) is 5.91 Å². The molecule has 1 N–H and O–H groups in total. The predicted octanol–water partition coefficient (Wildman–Crippen LogP) is 5.33. The summed E-state index contributed by atoms with van der Waals surface area (Å²) in [4.78, 5) is 29.2. The van der Waals surface area contributed by atoms with Crippen LogP contribution in [-0.4, -0.2) is 23.4 Å². The van der Waals surface area contributed by atoms with Gasteiger partial charge in [0, 0.05) is 11.6 Å². The summed E-state index contributed by atoms with van der Waals surface area (Å²) in [6.45, 7) is 0. The summed E-state index contributed by atoms with van der Waals surface area (Å²) in [6.07, 6.45) is 8.59. The molecule has 2 saturated carbocycles. The molecule has 1 atom stereocenters. The van der Waals surface area contributed by atoms with Gasteiger partial charge in [0.2, 0.25) is 5.91 Å². The third kappa shape index (κ3) is 3.35. The van der Waals surface area contributed by atoms with Gasteiger partial charge in [-0.25, -0.2) is 4.39 Å². The van der Waals surface area contributed by atoms with Gasteiger partial charge in [-0.1, -0.05) is 62.4 Å². The minimum Gasteiger partial charge on any atom is -0.353 e. The van der Waals surface area contributed by atoms with Crippen molar-refractivity contribution in [2.24, 2.45) is 0 Å². The van der Waals surface area contributed by atoms with Gasteiger partial charge in [-0.15, -0.1) is 0 Å². The number of nitrogens with zero attached hydrogens (tertiary/aromatic N) is 1. The lowest BCUT2D eigenvalue weighted by Crippen LogP contribution is -2.63. The lowest BCUT2D eigenvalue weighted by Gasteiger charge is -2.53. The highest BCUT2D eigenvalue weighted by molar-refractivity contribution is 6.12. The van der Waals surface area contributed by atoms with Crippen LogP contribution in [0.3, 0.4) is 0 Å². The van der Waals surface area contributed by atoms with E-state index in [1.54, 1.807) is 29.2 Å². The molecular weight excluding hydrogens is 391 g/mol. The molecule has 2 amide bonds. The molecule has 0 unspecified atom stereocenters. The van der Waals surface area contributed by atoms with E-state index in [-0.39, 0.29) is 23.5 Å². The normalized spacial score (nSPS) is 23.1. The van der Waals surface area contributed by atoms with Gasteiger partial charge in [0.05, 0.1) is 17.1 Å². The molecule has 1 aliphatic heterocycles. The van der Waals surface area contributed by atoms with E-state index >= 15 is 4.39 Å². The number of anilines is 1. The van der Waals surface area contributed by atoms with Crippen molar-refractivity contribution >= 4 is 17.5 Å². The van der Waals surface area contributed by atoms with Crippen molar-refractivity contribution < 1.29 is 14.0 Å². The number of benzene rings is 2. The third-order valence-electron chi connectivity index (χ3n) is 7.46. The van der Waals surface area contributed by atoms with Crippen molar-refractivity contribution in [2.75, 3.05) is 4.90 Å². The number of hydrogen-bond donors (Lipinski definition) is 1. The zero-order valence-corrected chi connectivity index (χ0v) is 17.8. The maximum Gasteiger partial charge on any atom is 0.259 e. The van der Waals surface area contributed by atoms with Crippen LogP contribution < -0.4 is 10.2 Å². The summed E-state index contributed by atoms with van der Waals surface area (Å²) in [5.74, 6) is -1.14. The molecule has 3 aliphatic rings. The van der Waals surface area contributed by atoms with Crippen molar-refractivity contribution in [3.05, 3.63) is 65.5 Å². The van der Waals surface area contributed by atoms with Crippen LogP contribution in [0.25, 0.3) is 0 Å². The highest BCUT2D eigenvalue weighted by atomic mass is 19.1. The molecule has 2 aromatic carbocycles. The number of fused-ring (bicyclic) bond motifs is 1. The molecule has 0 saturated heterocycles. The first-order valence-electron chi connectivity index (χ1n) is 11.6. The molecule has 5 rings (SSSR count). The van der Waals surface area contributed by atoms with Crippen LogP contribution in [0, 0.1) is 5.82 Å². The second-order valence-corrected chi connectivity index (χ2v) is 9.27. The summed E-state index contributed by atoms with van der Waals surface area (Å²) < 4.78 is 15.0. The van der Waals surface area contributed by atoms with Gasteiger partial charge in [-0.3, -0.25) is 14.5 Å². The van der Waals surface area contributed by atoms with Crippen LogP contribution in [-0.2, 0) is 4.79 Å². The minimum absolute atomic E-state index is 0.0184. The van der Waals surface area contributed by atoms with Crippen molar-refractivity contribution in [3.63, 3.8) is 0 Å². The van der Waals surface area contributed by atoms with Gasteiger partial charge in [0.1, 0.15) is 5.82 Å². The Balaban J connectivity index is 1.68. The number of carbonyl (C=O) groups excluding carboxylic acids is 2. The van der Waals surface area contributed by atoms with Gasteiger partial charge < -0.3 is 5.32 Å². The highest BCUT2D eigenvalue weighted by Crippen LogP contribution is 2.51. The van der Waals surface area contributed by atoms with Crippen molar-refractivity contribution in [1.29, 1.82) is 0 Å². The first-order chi connectivity index (χ1) is 15.1. The number of carbonyl (C=O) groups is 2. The Hall–Kier alpha value is -2.69. The average Bonchev–Trinajstić information content (AvgIpc) is 3.29. The SMILES string of the molecule is O=C(NC1CCCC1)[C@H]1c2ccccc2C(=O)N(c2ccccc2F)C12CCCCC2. The smallest absolute Gasteiger partial charge is 0.259 e. The van der Waals surface area contributed by atoms with Crippen molar-refractivity contribution in [3.8, 4) is 0 Å². The number of nitrogens with one attached hydrogen (secondary N) is 1. The van der Waals surface area contributed by atoms with Crippen LogP contribution in [0.5, 0.6) is 0 Å². The first kappa shape index (κ1) is 20.2. The molecule has 162 valence electrons. The second-order valence-electron chi connectivity index (χ2n) is 9.27. The topological polar surface area (TPSA) is 49.4 Å². The zero-order valence-electron chi connectivity index (χ0n) is 17.8. The zero-order chi connectivity index (χ0) is 21.4. The average molecular weight is 421 g/mol. The molecule has 2 fully saturated rings. The quantitative estimate of drug-likeness (QED) is 0.729. The Labute approximate surface area is 182 Å². The highest BCUT2D eigenvalue weighted by Gasteiger charge is 2.55. The molecule has 2 aliphatic carbocycles. The Kier molecular flexibility index (Phi) is 5.28. The maximum absolute atomic E-state index is 15.0. The van der Waals surface area contributed by atoms with E-state index in [0.717, 1.165) is 50.5 Å². The summed E-state index contributed by atoms with van der Waals surface area (Å²) in [6, 6.07) is 14.1. The predicted molar refractivity (Wildman–Crippen MR) is 119 cm³/mol. The summed E-state index contributed by atoms with van der Waals surface area (Å²) in [7, 11) is 0. The number of hydrogen-bond acceptors (Lipinski definition) is 2. The van der Waals surface area contributed by atoms with Gasteiger partial charge in [-0.2, -0.15) is 0 Å². The number of halogens is 1. The van der Waals surface area contributed by atoms with E-state index in [1.165, 1.54) is 6.07 Å². The number of para-hydroxylation sites is 1. The van der Waals surface area contributed by atoms with Crippen LogP contribution >= 0.6 is 0 Å². The monoisotopic (exact) mass is 420 g/mol. The molecule has 2 aromatic rings. The molecule has 31 heavy (non-hydrogen) atoms. The summed E-state index contributed by atoms with van der Waals surface area (Å²) >= 11 is 0. The fourth-order valence-electron chi connectivity index (χ4n) is 6.08. The lowest BCUT2D eigenvalue weighted by molar-refractivity contribution is -0.125. The van der Waals surface area contributed by atoms with E-state index in [1.807, 2.05) is 18.2 Å². The number of amides is 2. The van der Waals surface area contributed by atoms with Gasteiger partial charge >= 0.3 is 0 Å². The lowest BCUT2D eigenvalue weighted by atomic mass is 9.65. The molecule has 0 aromatic heterocycles. The van der Waals surface area contributed by atoms with E-state index in [2.05, 4.69) is 5.32 Å². The molecule has 1 heterocycles. The largest absolute Gasteiger partial charge is 0.353 e. The fraction of sp³-hybridized carbons (Fsp3) is 0.462. The van der Waals surface area contributed by atoms with E-state index in [9.17, 15) is 9.59 Å². The Bertz CT molecular complexity index is 992. The molecule has 0 bridgehead atoms. The summed E-state index contributed by atoms with van der Waals surface area (Å²) in [5, 5.41) is 3.29. The fourth-order valence-corrected chi connectivity index (χ4v) is 6.08. The Morgan fingerprint density at radius 3 is 2.35 bits per heavy atom. The van der Waals surface area contributed by atoms with Crippen LogP contribution in [0.15, 0.2) is 48.5 Å². The van der Waals surface area contributed by atoms with Crippen LogP contribution in [0.4, 0.5) is 10.1 Å². The standard InChI is InChI=1S/C26H29FN2O2/c27-21-14-6-7-15-22(21)29-25(31)20-13-5-4-12-19(20)23(26(29)16-8-1-9-17-26)24(30)28-18-10-2-3-11-18/h4-7,12-15,18,23H,1-3,8-11,16-17H2,(H,28,30)/t23-/m1/s1. The van der Waals surface area contributed by atoms with Crippen molar-refractivity contribution in [2.45, 2.75) is 75.3 Å².